The summed E-state index contributed by atoms with van der Waals surface area (Å²) in [5.41, 5.74) is 4.57. The molecule has 0 fully saturated rings. The van der Waals surface area contributed by atoms with Crippen molar-refractivity contribution in [1.29, 1.82) is 0 Å². The summed E-state index contributed by atoms with van der Waals surface area (Å²) in [6, 6.07) is 8.47. The van der Waals surface area contributed by atoms with Crippen molar-refractivity contribution in [2.45, 2.75) is 19.8 Å². The first-order valence-corrected chi connectivity index (χ1v) is 6.88. The molecular weight excluding hydrogens is 254 g/mol. The van der Waals surface area contributed by atoms with E-state index in [0.717, 1.165) is 29.7 Å². The zero-order chi connectivity index (χ0) is 13.8. The lowest BCUT2D eigenvalue weighted by Crippen LogP contribution is -2.08. The second kappa shape index (κ2) is 5.97. The Kier molecular flexibility index (Phi) is 4.32. The van der Waals surface area contributed by atoms with Crippen LogP contribution < -0.4 is 4.90 Å². The van der Waals surface area contributed by atoms with Crippen LogP contribution in [0.4, 0.5) is 5.69 Å². The number of benzene rings is 1. The summed E-state index contributed by atoms with van der Waals surface area (Å²) in [6.45, 7) is 2.15. The van der Waals surface area contributed by atoms with E-state index in [1.807, 2.05) is 14.1 Å². The van der Waals surface area contributed by atoms with Gasteiger partial charge < -0.3 is 9.88 Å². The molecule has 2 rings (SSSR count). The van der Waals surface area contributed by atoms with E-state index in [9.17, 15) is 0 Å². The second-order valence-corrected chi connectivity index (χ2v) is 5.14. The van der Waals surface area contributed by atoms with Gasteiger partial charge in [0.05, 0.1) is 12.0 Å². The Morgan fingerprint density at radius 3 is 2.47 bits per heavy atom. The van der Waals surface area contributed by atoms with Crippen molar-refractivity contribution in [1.82, 2.24) is 9.97 Å². The molecule has 19 heavy (non-hydrogen) atoms. The molecule has 2 aromatic rings. The number of H-pyrrole nitrogens is 1. The van der Waals surface area contributed by atoms with Gasteiger partial charge in [0.15, 0.2) is 0 Å². The third-order valence-corrected chi connectivity index (χ3v) is 3.47. The van der Waals surface area contributed by atoms with Gasteiger partial charge in [0.25, 0.3) is 0 Å². The third kappa shape index (κ3) is 3.01. The van der Waals surface area contributed by atoms with Gasteiger partial charge in [-0.3, -0.25) is 0 Å². The number of anilines is 1. The van der Waals surface area contributed by atoms with Crippen molar-refractivity contribution >= 4 is 17.9 Å². The van der Waals surface area contributed by atoms with Crippen LogP contribution in [0.5, 0.6) is 0 Å². The molecule has 0 spiro atoms. The van der Waals surface area contributed by atoms with E-state index >= 15 is 0 Å². The highest BCUT2D eigenvalue weighted by atomic mass is 32.1. The van der Waals surface area contributed by atoms with Crippen molar-refractivity contribution < 1.29 is 0 Å². The Hall–Kier alpha value is -1.68. The number of aromatic nitrogens is 2. The van der Waals surface area contributed by atoms with Crippen LogP contribution in [0.3, 0.4) is 0 Å². The van der Waals surface area contributed by atoms with E-state index in [0.29, 0.717) is 4.64 Å². The summed E-state index contributed by atoms with van der Waals surface area (Å²) >= 11 is 5.33. The zero-order valence-electron chi connectivity index (χ0n) is 11.6. The summed E-state index contributed by atoms with van der Waals surface area (Å²) in [6.07, 6.45) is 3.69. The summed E-state index contributed by atoms with van der Waals surface area (Å²) < 4.78 is 0.701. The fourth-order valence-corrected chi connectivity index (χ4v) is 2.35. The Bertz CT molecular complexity index is 600. The first-order valence-electron chi connectivity index (χ1n) is 6.47. The van der Waals surface area contributed by atoms with Crippen molar-refractivity contribution in [3.8, 4) is 11.3 Å². The first-order chi connectivity index (χ1) is 9.13. The lowest BCUT2D eigenvalue weighted by molar-refractivity contribution is 0.898. The van der Waals surface area contributed by atoms with E-state index in [1.165, 1.54) is 5.69 Å². The van der Waals surface area contributed by atoms with Gasteiger partial charge in [0.1, 0.15) is 4.64 Å². The lowest BCUT2D eigenvalue weighted by Gasteiger charge is -2.14. The highest BCUT2D eigenvalue weighted by molar-refractivity contribution is 7.71. The van der Waals surface area contributed by atoms with Gasteiger partial charge >= 0.3 is 0 Å². The van der Waals surface area contributed by atoms with E-state index in [1.54, 1.807) is 6.33 Å². The molecule has 1 aromatic carbocycles. The van der Waals surface area contributed by atoms with Crippen molar-refractivity contribution in [3.05, 3.63) is 40.8 Å². The summed E-state index contributed by atoms with van der Waals surface area (Å²) in [7, 11) is 4.08. The quantitative estimate of drug-likeness (QED) is 0.859. The first kappa shape index (κ1) is 13.7. The molecule has 100 valence electrons. The predicted octanol–water partition coefficient (Wildman–Crippen LogP) is 3.82. The molecule has 0 radical (unpaired) electrons. The Morgan fingerprint density at radius 2 is 1.89 bits per heavy atom. The molecule has 1 N–H and O–H groups in total. The molecule has 0 aliphatic carbocycles. The maximum atomic E-state index is 5.33. The minimum atomic E-state index is 0.701. The van der Waals surface area contributed by atoms with Gasteiger partial charge in [-0.2, -0.15) is 0 Å². The van der Waals surface area contributed by atoms with E-state index in [2.05, 4.69) is 46.1 Å². The minimum Gasteiger partial charge on any atom is -0.378 e. The molecule has 3 nitrogen and oxygen atoms in total. The topological polar surface area (TPSA) is 31.9 Å². The van der Waals surface area contributed by atoms with Gasteiger partial charge in [-0.05, 0) is 24.1 Å². The number of aromatic amines is 1. The van der Waals surface area contributed by atoms with E-state index in [4.69, 9.17) is 12.2 Å². The fraction of sp³-hybridized carbons (Fsp3) is 0.333. The Balaban J connectivity index is 2.46. The molecule has 0 saturated carbocycles. The average Bonchev–Trinajstić information content (AvgIpc) is 2.41. The van der Waals surface area contributed by atoms with Crippen LogP contribution in [0.15, 0.2) is 30.6 Å². The zero-order valence-corrected chi connectivity index (χ0v) is 12.4. The Labute approximate surface area is 119 Å². The average molecular weight is 273 g/mol. The summed E-state index contributed by atoms with van der Waals surface area (Å²) in [5, 5.41) is 0. The molecule has 1 heterocycles. The maximum Gasteiger partial charge on any atom is 0.133 e. The summed E-state index contributed by atoms with van der Waals surface area (Å²) in [5.74, 6) is 0. The SMILES string of the molecule is CCCc1c(-c2ccc(N(C)C)cc2)[nH]cnc1=S. The van der Waals surface area contributed by atoms with Crippen LogP contribution in [0, 0.1) is 4.64 Å². The monoisotopic (exact) mass is 273 g/mol. The standard InChI is InChI=1S/C15H19N3S/c1-4-5-13-14(16-10-17-15(13)19)11-6-8-12(9-7-11)18(2)3/h6-10H,4-5H2,1-3H3,(H,16,17,19). The van der Waals surface area contributed by atoms with Gasteiger partial charge in [-0.25, -0.2) is 4.98 Å². The van der Waals surface area contributed by atoms with Gasteiger partial charge in [0.2, 0.25) is 0 Å². The van der Waals surface area contributed by atoms with Gasteiger partial charge in [-0.15, -0.1) is 0 Å². The number of hydrogen-bond acceptors (Lipinski definition) is 3. The van der Waals surface area contributed by atoms with Crippen LogP contribution in [-0.2, 0) is 6.42 Å². The second-order valence-electron chi connectivity index (χ2n) is 4.75. The molecule has 0 aliphatic heterocycles. The van der Waals surface area contributed by atoms with Gasteiger partial charge in [-0.1, -0.05) is 37.7 Å². The third-order valence-electron chi connectivity index (χ3n) is 3.12. The molecule has 0 bridgehead atoms. The van der Waals surface area contributed by atoms with Crippen molar-refractivity contribution in [2.24, 2.45) is 0 Å². The molecule has 1 aromatic heterocycles. The van der Waals surface area contributed by atoms with Crippen LogP contribution in [0.25, 0.3) is 11.3 Å². The van der Waals surface area contributed by atoms with E-state index < -0.39 is 0 Å². The van der Waals surface area contributed by atoms with E-state index in [-0.39, 0.29) is 0 Å². The lowest BCUT2D eigenvalue weighted by atomic mass is 10.0. The highest BCUT2D eigenvalue weighted by Gasteiger charge is 2.07. The minimum absolute atomic E-state index is 0.701. The molecule has 0 atom stereocenters. The number of hydrogen-bond donors (Lipinski definition) is 1. The predicted molar refractivity (Wildman–Crippen MR) is 83.2 cm³/mol. The van der Waals surface area contributed by atoms with Gasteiger partial charge in [0, 0.05) is 25.3 Å². The van der Waals surface area contributed by atoms with Crippen LogP contribution in [0.1, 0.15) is 18.9 Å². The molecular formula is C15H19N3S. The Morgan fingerprint density at radius 1 is 1.21 bits per heavy atom. The molecule has 0 aliphatic rings. The normalized spacial score (nSPS) is 10.5. The molecule has 0 unspecified atom stereocenters. The van der Waals surface area contributed by atoms with Crippen molar-refractivity contribution in [3.63, 3.8) is 0 Å². The highest BCUT2D eigenvalue weighted by Crippen LogP contribution is 2.24. The van der Waals surface area contributed by atoms with Crippen LogP contribution in [-0.4, -0.2) is 24.1 Å². The molecule has 4 heteroatoms. The summed E-state index contributed by atoms with van der Waals surface area (Å²) in [4.78, 5) is 9.51. The van der Waals surface area contributed by atoms with Crippen molar-refractivity contribution in [2.75, 3.05) is 19.0 Å². The number of rotatable bonds is 4. The molecule has 0 saturated heterocycles. The smallest absolute Gasteiger partial charge is 0.133 e. The van der Waals surface area contributed by atoms with Crippen LogP contribution >= 0.6 is 12.2 Å². The number of nitrogens with zero attached hydrogens (tertiary/aromatic N) is 2. The largest absolute Gasteiger partial charge is 0.378 e. The van der Waals surface area contributed by atoms with Crippen LogP contribution in [0.2, 0.25) is 0 Å². The number of nitrogens with one attached hydrogen (secondary N) is 1. The maximum absolute atomic E-state index is 5.33. The fourth-order valence-electron chi connectivity index (χ4n) is 2.09. The molecule has 0 amide bonds.